The van der Waals surface area contributed by atoms with Crippen molar-refractivity contribution in [2.75, 3.05) is 19.6 Å². The minimum atomic E-state index is -0.708. The zero-order valence-electron chi connectivity index (χ0n) is 17.7. The van der Waals surface area contributed by atoms with Crippen LogP contribution >= 0.6 is 0 Å². The molecule has 2 aliphatic rings. The summed E-state index contributed by atoms with van der Waals surface area (Å²) in [6.07, 6.45) is 0.0947. The van der Waals surface area contributed by atoms with Crippen molar-refractivity contribution in [1.82, 2.24) is 10.2 Å². The van der Waals surface area contributed by atoms with Gasteiger partial charge in [0.2, 0.25) is 0 Å². The predicted octanol–water partition coefficient (Wildman–Crippen LogP) is 2.59. The van der Waals surface area contributed by atoms with Gasteiger partial charge in [-0.05, 0) is 51.0 Å². The van der Waals surface area contributed by atoms with Crippen molar-refractivity contribution in [2.45, 2.75) is 52.2 Å². The molecule has 2 aromatic rings. The van der Waals surface area contributed by atoms with Crippen LogP contribution in [0.15, 0.2) is 21.3 Å². The molecule has 3 heterocycles. The Kier molecular flexibility index (Phi) is 4.95. The molecule has 30 heavy (non-hydrogen) atoms. The predicted molar refractivity (Wildman–Crippen MR) is 110 cm³/mol. The van der Waals surface area contributed by atoms with Gasteiger partial charge in [0.1, 0.15) is 16.9 Å². The first-order chi connectivity index (χ1) is 14.2. The lowest BCUT2D eigenvalue weighted by molar-refractivity contribution is -0.141. The van der Waals surface area contributed by atoms with Crippen LogP contribution in [0.1, 0.15) is 36.5 Å². The van der Waals surface area contributed by atoms with Gasteiger partial charge >= 0.3 is 11.7 Å². The Morgan fingerprint density at radius 1 is 1.17 bits per heavy atom. The first kappa shape index (κ1) is 20.3. The third-order valence-electron chi connectivity index (χ3n) is 6.16. The molecule has 4 rings (SSSR count). The Morgan fingerprint density at radius 3 is 2.50 bits per heavy atom. The lowest BCUT2D eigenvalue weighted by Crippen LogP contribution is -2.51. The molecule has 0 bridgehead atoms. The number of carbonyl (C=O) groups is 2. The van der Waals surface area contributed by atoms with E-state index >= 15 is 0 Å². The molecule has 0 saturated carbocycles. The van der Waals surface area contributed by atoms with E-state index in [0.717, 1.165) is 11.1 Å². The molecule has 2 fully saturated rings. The molecule has 8 heteroatoms. The summed E-state index contributed by atoms with van der Waals surface area (Å²) in [5.41, 5.74) is 1.76. The number of hydrogen-bond donors (Lipinski definition) is 1. The monoisotopic (exact) mass is 414 g/mol. The smallest absolute Gasteiger partial charge is 0.407 e. The Morgan fingerprint density at radius 2 is 1.87 bits per heavy atom. The number of likely N-dealkylation sites (tertiary alicyclic amines) is 1. The van der Waals surface area contributed by atoms with E-state index in [1.807, 2.05) is 19.9 Å². The van der Waals surface area contributed by atoms with Gasteiger partial charge < -0.3 is 24.1 Å². The van der Waals surface area contributed by atoms with Crippen LogP contribution in [0.3, 0.4) is 0 Å². The standard InChI is InChI=1S/C22H26N2O6/c1-12-9-16(18-13(2)14(3)20(26)29-17(18)10-12)28-15(4)19(25)24-7-5-22(6-8-24)11-23-21(27)30-22/h9-10,15H,5-8,11H2,1-4H3,(H,23,27). The Bertz CT molecular complexity index is 1080. The molecule has 2 amide bonds. The lowest BCUT2D eigenvalue weighted by atomic mass is 9.91. The molecule has 1 spiro atoms. The quantitative estimate of drug-likeness (QED) is 0.776. The van der Waals surface area contributed by atoms with Gasteiger partial charge in [-0.15, -0.1) is 0 Å². The second kappa shape index (κ2) is 7.34. The maximum atomic E-state index is 13.0. The molecule has 1 aromatic heterocycles. The number of nitrogens with zero attached hydrogens (tertiary/aromatic N) is 1. The van der Waals surface area contributed by atoms with Crippen LogP contribution in [-0.4, -0.2) is 48.2 Å². The maximum Gasteiger partial charge on any atom is 0.407 e. The zero-order valence-corrected chi connectivity index (χ0v) is 17.7. The number of alkyl carbamates (subject to hydrolysis) is 1. The van der Waals surface area contributed by atoms with Crippen molar-refractivity contribution in [2.24, 2.45) is 0 Å². The number of carbonyl (C=O) groups excluding carboxylic acids is 2. The highest BCUT2D eigenvalue weighted by atomic mass is 16.6. The lowest BCUT2D eigenvalue weighted by Gasteiger charge is -2.38. The van der Waals surface area contributed by atoms with E-state index in [9.17, 15) is 14.4 Å². The van der Waals surface area contributed by atoms with Gasteiger partial charge in [-0.25, -0.2) is 9.59 Å². The highest BCUT2D eigenvalue weighted by Gasteiger charge is 2.44. The molecular formula is C22H26N2O6. The van der Waals surface area contributed by atoms with Gasteiger partial charge in [-0.2, -0.15) is 0 Å². The molecule has 1 aromatic carbocycles. The van der Waals surface area contributed by atoms with E-state index in [1.165, 1.54) is 0 Å². The molecule has 1 N–H and O–H groups in total. The van der Waals surface area contributed by atoms with Crippen LogP contribution in [0.4, 0.5) is 4.79 Å². The Hall–Kier alpha value is -3.03. The van der Waals surface area contributed by atoms with Crippen LogP contribution in [0.5, 0.6) is 5.75 Å². The first-order valence-electron chi connectivity index (χ1n) is 10.2. The molecule has 0 radical (unpaired) electrons. The van der Waals surface area contributed by atoms with E-state index in [4.69, 9.17) is 13.9 Å². The third kappa shape index (κ3) is 3.51. The van der Waals surface area contributed by atoms with Crippen LogP contribution in [0.2, 0.25) is 0 Å². The summed E-state index contributed by atoms with van der Waals surface area (Å²) in [6, 6.07) is 3.65. The van der Waals surface area contributed by atoms with Gasteiger partial charge in [-0.3, -0.25) is 4.79 Å². The molecular weight excluding hydrogens is 388 g/mol. The van der Waals surface area contributed by atoms with Gasteiger partial charge in [0.15, 0.2) is 6.10 Å². The van der Waals surface area contributed by atoms with Gasteiger partial charge in [-0.1, -0.05) is 0 Å². The van der Waals surface area contributed by atoms with Crippen molar-refractivity contribution in [3.05, 3.63) is 39.2 Å². The fraction of sp³-hybridized carbons (Fsp3) is 0.500. The average Bonchev–Trinajstić information content (AvgIpc) is 3.05. The van der Waals surface area contributed by atoms with E-state index in [0.29, 0.717) is 54.8 Å². The number of piperidine rings is 1. The highest BCUT2D eigenvalue weighted by molar-refractivity contribution is 5.89. The first-order valence-corrected chi connectivity index (χ1v) is 10.2. The molecule has 8 nitrogen and oxygen atoms in total. The number of rotatable bonds is 3. The van der Waals surface area contributed by atoms with E-state index in [-0.39, 0.29) is 11.5 Å². The molecule has 2 saturated heterocycles. The number of benzene rings is 1. The van der Waals surface area contributed by atoms with Crippen LogP contribution in [-0.2, 0) is 9.53 Å². The van der Waals surface area contributed by atoms with Gasteiger partial charge in [0.05, 0.1) is 11.9 Å². The fourth-order valence-electron chi connectivity index (χ4n) is 4.19. The van der Waals surface area contributed by atoms with Crippen molar-refractivity contribution >= 4 is 23.0 Å². The van der Waals surface area contributed by atoms with Crippen LogP contribution < -0.4 is 15.7 Å². The number of ether oxygens (including phenoxy) is 2. The van der Waals surface area contributed by atoms with Crippen molar-refractivity contribution in [3.63, 3.8) is 0 Å². The minimum Gasteiger partial charge on any atom is -0.480 e. The number of amides is 2. The van der Waals surface area contributed by atoms with E-state index in [2.05, 4.69) is 5.32 Å². The van der Waals surface area contributed by atoms with E-state index < -0.39 is 17.8 Å². The summed E-state index contributed by atoms with van der Waals surface area (Å²) in [6.45, 7) is 8.66. The maximum absolute atomic E-state index is 13.0. The summed E-state index contributed by atoms with van der Waals surface area (Å²) >= 11 is 0. The Labute approximate surface area is 174 Å². The third-order valence-corrected chi connectivity index (χ3v) is 6.16. The van der Waals surface area contributed by atoms with E-state index in [1.54, 1.807) is 24.8 Å². The number of aryl methyl sites for hydroxylation is 2. The van der Waals surface area contributed by atoms with Gasteiger partial charge in [0, 0.05) is 31.5 Å². The molecule has 1 atom stereocenters. The van der Waals surface area contributed by atoms with Gasteiger partial charge in [0.25, 0.3) is 5.91 Å². The largest absolute Gasteiger partial charge is 0.480 e. The SMILES string of the molecule is Cc1cc(OC(C)C(=O)N2CCC3(CC2)CNC(=O)O3)c2c(C)c(C)c(=O)oc2c1. The van der Waals surface area contributed by atoms with Crippen molar-refractivity contribution in [3.8, 4) is 5.75 Å². The normalized spacial score (nSPS) is 18.9. The average molecular weight is 414 g/mol. The summed E-state index contributed by atoms with van der Waals surface area (Å²) in [5.74, 6) is 0.404. The minimum absolute atomic E-state index is 0.122. The summed E-state index contributed by atoms with van der Waals surface area (Å²) in [5, 5.41) is 3.40. The second-order valence-corrected chi connectivity index (χ2v) is 8.29. The number of hydrogen-bond acceptors (Lipinski definition) is 6. The van der Waals surface area contributed by atoms with Crippen LogP contribution in [0.25, 0.3) is 11.0 Å². The molecule has 0 aliphatic carbocycles. The molecule has 160 valence electrons. The summed E-state index contributed by atoms with van der Waals surface area (Å²) < 4.78 is 16.9. The molecule has 1 unspecified atom stereocenters. The summed E-state index contributed by atoms with van der Waals surface area (Å²) in [7, 11) is 0. The van der Waals surface area contributed by atoms with Crippen molar-refractivity contribution in [1.29, 1.82) is 0 Å². The summed E-state index contributed by atoms with van der Waals surface area (Å²) in [4.78, 5) is 38.2. The second-order valence-electron chi connectivity index (χ2n) is 8.29. The topological polar surface area (TPSA) is 98.1 Å². The highest BCUT2D eigenvalue weighted by Crippen LogP contribution is 2.33. The fourth-order valence-corrected chi connectivity index (χ4v) is 4.19. The Balaban J connectivity index is 1.53. The molecule has 2 aliphatic heterocycles. The van der Waals surface area contributed by atoms with Crippen LogP contribution in [0, 0.1) is 20.8 Å². The zero-order chi connectivity index (χ0) is 21.6. The van der Waals surface area contributed by atoms with Crippen molar-refractivity contribution < 1.29 is 23.5 Å². The number of nitrogens with one attached hydrogen (secondary N) is 1. The number of fused-ring (bicyclic) bond motifs is 1.